The average Bonchev–Trinajstić information content (AvgIpc) is 2.96. The van der Waals surface area contributed by atoms with Crippen LogP contribution in [0.5, 0.6) is 0 Å². The molecule has 8 nitrogen and oxygen atoms in total. The summed E-state index contributed by atoms with van der Waals surface area (Å²) in [5.74, 6) is -1.06. The van der Waals surface area contributed by atoms with Crippen LogP contribution in [-0.2, 0) is 4.74 Å². The maximum atomic E-state index is 12.2. The first-order valence-corrected chi connectivity index (χ1v) is 7.84. The Morgan fingerprint density at radius 2 is 2.09 bits per heavy atom. The van der Waals surface area contributed by atoms with Crippen molar-refractivity contribution in [1.82, 2.24) is 14.8 Å². The topological polar surface area (TPSA) is 103 Å². The zero-order valence-corrected chi connectivity index (χ0v) is 13.7. The van der Waals surface area contributed by atoms with Crippen molar-refractivity contribution >= 4 is 28.3 Å². The zero-order chi connectivity index (χ0) is 17.0. The Morgan fingerprint density at radius 1 is 1.35 bits per heavy atom. The van der Waals surface area contributed by atoms with E-state index >= 15 is 0 Å². The molecule has 0 aliphatic rings. The van der Waals surface area contributed by atoms with Crippen molar-refractivity contribution in [2.45, 2.75) is 26.8 Å². The molecule has 0 bridgehead atoms. The summed E-state index contributed by atoms with van der Waals surface area (Å²) < 4.78 is 6.05. The highest BCUT2D eigenvalue weighted by molar-refractivity contribution is 7.14. The fourth-order valence-corrected chi connectivity index (χ4v) is 2.38. The molecule has 0 unspecified atom stereocenters. The normalized spacial score (nSPS) is 10.6. The molecule has 0 aliphatic carbocycles. The quantitative estimate of drug-likeness (QED) is 0.834. The van der Waals surface area contributed by atoms with E-state index < -0.39 is 11.9 Å². The molecule has 0 saturated carbocycles. The van der Waals surface area contributed by atoms with Crippen LogP contribution in [0.15, 0.2) is 22.3 Å². The molecule has 0 atom stereocenters. The summed E-state index contributed by atoms with van der Waals surface area (Å²) in [4.78, 5) is 39.3. The number of nitrogens with zero attached hydrogens (tertiary/aromatic N) is 3. The summed E-state index contributed by atoms with van der Waals surface area (Å²) >= 11 is 1.10. The van der Waals surface area contributed by atoms with Gasteiger partial charge in [0, 0.05) is 11.4 Å². The average molecular weight is 336 g/mol. The summed E-state index contributed by atoms with van der Waals surface area (Å²) in [5, 5.41) is 8.31. The molecule has 122 valence electrons. The molecule has 0 saturated heterocycles. The van der Waals surface area contributed by atoms with E-state index in [2.05, 4.69) is 15.4 Å². The summed E-state index contributed by atoms with van der Waals surface area (Å²) in [6.07, 6.45) is 0. The Morgan fingerprint density at radius 3 is 2.74 bits per heavy atom. The fourth-order valence-electron chi connectivity index (χ4n) is 1.71. The lowest BCUT2D eigenvalue weighted by molar-refractivity contribution is 0.0520. The molecule has 2 heterocycles. The highest BCUT2D eigenvalue weighted by Crippen LogP contribution is 2.16. The summed E-state index contributed by atoms with van der Waals surface area (Å²) in [7, 11) is 0. The second-order valence-corrected chi connectivity index (χ2v) is 5.67. The minimum absolute atomic E-state index is 0.0891. The molecule has 9 heteroatoms. The van der Waals surface area contributed by atoms with Gasteiger partial charge in [-0.25, -0.2) is 14.5 Å². The lowest BCUT2D eigenvalue weighted by Gasteiger charge is -2.09. The minimum atomic E-state index is -0.546. The Labute approximate surface area is 136 Å². The maximum Gasteiger partial charge on any atom is 0.357 e. The summed E-state index contributed by atoms with van der Waals surface area (Å²) in [6, 6.07) is 2.47. The van der Waals surface area contributed by atoms with E-state index in [1.165, 1.54) is 22.2 Å². The number of esters is 1. The van der Waals surface area contributed by atoms with Gasteiger partial charge in [-0.15, -0.1) is 11.3 Å². The van der Waals surface area contributed by atoms with Crippen molar-refractivity contribution in [2.24, 2.45) is 0 Å². The first-order valence-electron chi connectivity index (χ1n) is 6.96. The van der Waals surface area contributed by atoms with Gasteiger partial charge in [-0.2, -0.15) is 5.10 Å². The van der Waals surface area contributed by atoms with Gasteiger partial charge in [-0.1, -0.05) is 0 Å². The highest BCUT2D eigenvalue weighted by Gasteiger charge is 2.16. The third-order valence-corrected chi connectivity index (χ3v) is 3.51. The van der Waals surface area contributed by atoms with Crippen LogP contribution < -0.4 is 10.9 Å². The molecule has 1 N–H and O–H groups in total. The van der Waals surface area contributed by atoms with Crippen LogP contribution in [0.1, 0.15) is 47.8 Å². The van der Waals surface area contributed by atoms with Gasteiger partial charge in [0.25, 0.3) is 11.5 Å². The SMILES string of the molecule is CCOC(=O)c1csc(NC(=O)c2ccc(=O)n(C(C)C)n2)n1. The van der Waals surface area contributed by atoms with Crippen molar-refractivity contribution in [1.29, 1.82) is 0 Å². The Kier molecular flexibility index (Phi) is 5.22. The Bertz CT molecular complexity index is 781. The van der Waals surface area contributed by atoms with Crippen LogP contribution in [0.4, 0.5) is 5.13 Å². The zero-order valence-electron chi connectivity index (χ0n) is 12.9. The first-order chi connectivity index (χ1) is 10.9. The van der Waals surface area contributed by atoms with Crippen LogP contribution in [-0.4, -0.2) is 33.2 Å². The molecule has 0 spiro atoms. The minimum Gasteiger partial charge on any atom is -0.461 e. The maximum absolute atomic E-state index is 12.2. The molecule has 0 fully saturated rings. The van der Waals surface area contributed by atoms with Gasteiger partial charge in [-0.3, -0.25) is 14.9 Å². The number of hydrogen-bond donors (Lipinski definition) is 1. The third-order valence-electron chi connectivity index (χ3n) is 2.76. The Balaban J connectivity index is 2.15. The van der Waals surface area contributed by atoms with Crippen LogP contribution in [0.3, 0.4) is 0 Å². The molecule has 2 rings (SSSR count). The monoisotopic (exact) mass is 336 g/mol. The van der Waals surface area contributed by atoms with E-state index in [-0.39, 0.29) is 34.7 Å². The van der Waals surface area contributed by atoms with Crippen molar-refractivity contribution < 1.29 is 14.3 Å². The summed E-state index contributed by atoms with van der Waals surface area (Å²) in [6.45, 7) is 5.53. The van der Waals surface area contributed by atoms with Gasteiger partial charge >= 0.3 is 5.97 Å². The molecule has 0 aliphatic heterocycles. The molecule has 0 radical (unpaired) electrons. The predicted molar refractivity (Wildman–Crippen MR) is 84.9 cm³/mol. The standard InChI is InChI=1S/C14H16N4O4S/c1-4-22-13(21)10-7-23-14(15-10)16-12(20)9-5-6-11(19)18(17-9)8(2)3/h5-8H,4H2,1-3H3,(H,15,16,20). The predicted octanol–water partition coefficient (Wildman–Crippen LogP) is 1.71. The van der Waals surface area contributed by atoms with E-state index in [0.29, 0.717) is 0 Å². The molecule has 23 heavy (non-hydrogen) atoms. The molecule has 0 aromatic carbocycles. The van der Waals surface area contributed by atoms with Gasteiger partial charge in [-0.05, 0) is 26.8 Å². The van der Waals surface area contributed by atoms with E-state index in [1.807, 2.05) is 0 Å². The molecular weight excluding hydrogens is 320 g/mol. The van der Waals surface area contributed by atoms with Gasteiger partial charge in [0.05, 0.1) is 12.6 Å². The number of nitrogens with one attached hydrogen (secondary N) is 1. The van der Waals surface area contributed by atoms with Gasteiger partial charge < -0.3 is 4.74 Å². The first kappa shape index (κ1) is 16.8. The number of rotatable bonds is 5. The van der Waals surface area contributed by atoms with Gasteiger partial charge in [0.15, 0.2) is 10.8 Å². The highest BCUT2D eigenvalue weighted by atomic mass is 32.1. The van der Waals surface area contributed by atoms with Crippen molar-refractivity contribution in [3.8, 4) is 0 Å². The number of carbonyl (C=O) groups is 2. The third kappa shape index (κ3) is 4.01. The number of carbonyl (C=O) groups excluding carboxylic acids is 2. The largest absolute Gasteiger partial charge is 0.461 e. The second kappa shape index (κ2) is 7.14. The van der Waals surface area contributed by atoms with E-state index in [1.54, 1.807) is 20.8 Å². The van der Waals surface area contributed by atoms with Crippen LogP contribution in [0.25, 0.3) is 0 Å². The Hall–Kier alpha value is -2.55. The number of thiazole rings is 1. The van der Waals surface area contributed by atoms with Crippen molar-refractivity contribution in [2.75, 3.05) is 11.9 Å². The fraction of sp³-hybridized carbons (Fsp3) is 0.357. The van der Waals surface area contributed by atoms with Gasteiger partial charge in [0.1, 0.15) is 5.69 Å². The van der Waals surface area contributed by atoms with E-state index in [0.717, 1.165) is 11.3 Å². The molecular formula is C14H16N4O4S. The smallest absolute Gasteiger partial charge is 0.357 e. The van der Waals surface area contributed by atoms with Crippen molar-refractivity contribution in [3.05, 3.63) is 39.3 Å². The molecule has 1 amide bonds. The van der Waals surface area contributed by atoms with Crippen LogP contribution >= 0.6 is 11.3 Å². The van der Waals surface area contributed by atoms with Crippen molar-refractivity contribution in [3.63, 3.8) is 0 Å². The summed E-state index contributed by atoms with van der Waals surface area (Å²) in [5.41, 5.74) is -0.0613. The number of aromatic nitrogens is 3. The van der Waals surface area contributed by atoms with E-state index in [4.69, 9.17) is 4.74 Å². The number of ether oxygens (including phenoxy) is 1. The molecule has 2 aromatic heterocycles. The van der Waals surface area contributed by atoms with Gasteiger partial charge in [0.2, 0.25) is 0 Å². The second-order valence-electron chi connectivity index (χ2n) is 4.81. The molecule has 2 aromatic rings. The van der Waals surface area contributed by atoms with Crippen LogP contribution in [0, 0.1) is 0 Å². The lowest BCUT2D eigenvalue weighted by Crippen LogP contribution is -2.27. The lowest BCUT2D eigenvalue weighted by atomic mass is 10.3. The number of hydrogen-bond acceptors (Lipinski definition) is 7. The van der Waals surface area contributed by atoms with Crippen LogP contribution in [0.2, 0.25) is 0 Å². The number of amides is 1. The number of anilines is 1. The van der Waals surface area contributed by atoms with E-state index in [9.17, 15) is 14.4 Å².